The van der Waals surface area contributed by atoms with Crippen molar-refractivity contribution in [2.75, 3.05) is 6.61 Å². The molecule has 1 fully saturated rings. The first-order chi connectivity index (χ1) is 6.98. The lowest BCUT2D eigenvalue weighted by Gasteiger charge is -2.35. The fraction of sp³-hybridized carbons (Fsp3) is 0.917. The lowest BCUT2D eigenvalue weighted by molar-refractivity contribution is -0.170. The molecule has 3 heteroatoms. The maximum atomic E-state index is 11.6. The van der Waals surface area contributed by atoms with Crippen LogP contribution >= 0.6 is 0 Å². The molecule has 0 aromatic heterocycles. The number of rotatable bonds is 3. The second-order valence-corrected chi connectivity index (χ2v) is 4.82. The number of carbonyl (C=O) groups excluding carboxylic acids is 1. The zero-order valence-electron chi connectivity index (χ0n) is 9.95. The molecule has 1 rings (SSSR count). The summed E-state index contributed by atoms with van der Waals surface area (Å²) in [6.07, 6.45) is 4.04. The van der Waals surface area contributed by atoms with Gasteiger partial charge >= 0.3 is 5.97 Å². The molecule has 0 aliphatic heterocycles. The van der Waals surface area contributed by atoms with E-state index >= 15 is 0 Å². The van der Waals surface area contributed by atoms with Gasteiger partial charge in [0.2, 0.25) is 0 Å². The monoisotopic (exact) mass is 214 g/mol. The quantitative estimate of drug-likeness (QED) is 0.732. The van der Waals surface area contributed by atoms with Gasteiger partial charge in [-0.25, -0.2) is 4.79 Å². The molecule has 1 N–H and O–H groups in total. The lowest BCUT2D eigenvalue weighted by atomic mass is 9.74. The number of esters is 1. The maximum absolute atomic E-state index is 11.6. The van der Waals surface area contributed by atoms with Crippen LogP contribution in [-0.2, 0) is 9.53 Å². The van der Waals surface area contributed by atoms with Gasteiger partial charge in [-0.1, -0.05) is 19.8 Å². The van der Waals surface area contributed by atoms with Gasteiger partial charge in [0.05, 0.1) is 6.61 Å². The van der Waals surface area contributed by atoms with E-state index in [0.29, 0.717) is 6.61 Å². The summed E-state index contributed by atoms with van der Waals surface area (Å²) < 4.78 is 4.90. The van der Waals surface area contributed by atoms with Crippen molar-refractivity contribution in [3.8, 4) is 0 Å². The number of hydrogen-bond donors (Lipinski definition) is 1. The Hall–Kier alpha value is -0.570. The second kappa shape index (κ2) is 4.97. The standard InChI is InChI=1S/C12H22O3/c1-4-15-11(13)12(3,14)10-7-5-9(2)6-8-10/h9-10,14H,4-8H2,1-3H3. The highest BCUT2D eigenvalue weighted by Gasteiger charge is 2.41. The van der Waals surface area contributed by atoms with E-state index in [2.05, 4.69) is 6.92 Å². The summed E-state index contributed by atoms with van der Waals surface area (Å²) in [7, 11) is 0. The third-order valence-electron chi connectivity index (χ3n) is 3.50. The number of ether oxygens (including phenoxy) is 1. The van der Waals surface area contributed by atoms with Gasteiger partial charge in [0.25, 0.3) is 0 Å². The largest absolute Gasteiger partial charge is 0.464 e. The average Bonchev–Trinajstić information content (AvgIpc) is 2.18. The van der Waals surface area contributed by atoms with Crippen LogP contribution in [0, 0.1) is 11.8 Å². The van der Waals surface area contributed by atoms with Gasteiger partial charge in [0.15, 0.2) is 5.60 Å². The summed E-state index contributed by atoms with van der Waals surface area (Å²) >= 11 is 0. The molecule has 0 aromatic rings. The molecule has 1 atom stereocenters. The van der Waals surface area contributed by atoms with Crippen LogP contribution in [-0.4, -0.2) is 23.3 Å². The fourth-order valence-corrected chi connectivity index (χ4v) is 2.27. The SMILES string of the molecule is CCOC(=O)C(C)(O)C1CCC(C)CC1. The average molecular weight is 214 g/mol. The van der Waals surface area contributed by atoms with Crippen LogP contribution in [0.5, 0.6) is 0 Å². The first kappa shape index (κ1) is 12.5. The van der Waals surface area contributed by atoms with Gasteiger partial charge in [0.1, 0.15) is 0 Å². The molecule has 1 unspecified atom stereocenters. The Morgan fingerprint density at radius 1 is 1.40 bits per heavy atom. The molecule has 1 aliphatic carbocycles. The minimum Gasteiger partial charge on any atom is -0.464 e. The van der Waals surface area contributed by atoms with E-state index in [4.69, 9.17) is 4.74 Å². The molecular weight excluding hydrogens is 192 g/mol. The Morgan fingerprint density at radius 2 is 1.93 bits per heavy atom. The molecule has 1 aliphatic rings. The summed E-state index contributed by atoms with van der Waals surface area (Å²) in [5.74, 6) is 0.316. The van der Waals surface area contributed by atoms with Crippen LogP contribution in [0.4, 0.5) is 0 Å². The minimum absolute atomic E-state index is 0.0627. The number of carbonyl (C=O) groups is 1. The van der Waals surface area contributed by atoms with Crippen molar-refractivity contribution in [1.82, 2.24) is 0 Å². The normalized spacial score (nSPS) is 30.7. The van der Waals surface area contributed by atoms with Crippen molar-refractivity contribution in [2.45, 2.75) is 52.1 Å². The summed E-state index contributed by atoms with van der Waals surface area (Å²) in [6, 6.07) is 0. The Labute approximate surface area is 91.8 Å². The summed E-state index contributed by atoms with van der Waals surface area (Å²) in [6.45, 7) is 5.90. The van der Waals surface area contributed by atoms with Crippen molar-refractivity contribution >= 4 is 5.97 Å². The third kappa shape index (κ3) is 2.94. The molecule has 0 saturated heterocycles. The molecule has 15 heavy (non-hydrogen) atoms. The Kier molecular flexibility index (Phi) is 4.14. The van der Waals surface area contributed by atoms with E-state index in [1.807, 2.05) is 0 Å². The molecule has 1 saturated carbocycles. The van der Waals surface area contributed by atoms with Gasteiger partial charge in [-0.05, 0) is 38.5 Å². The van der Waals surface area contributed by atoms with E-state index in [1.165, 1.54) is 0 Å². The molecule has 0 radical (unpaired) electrons. The fourth-order valence-electron chi connectivity index (χ4n) is 2.27. The summed E-state index contributed by atoms with van der Waals surface area (Å²) in [5, 5.41) is 10.2. The third-order valence-corrected chi connectivity index (χ3v) is 3.50. The Morgan fingerprint density at radius 3 is 2.40 bits per heavy atom. The zero-order valence-corrected chi connectivity index (χ0v) is 9.95. The Bertz CT molecular complexity index is 215. The van der Waals surface area contributed by atoms with Crippen molar-refractivity contribution in [3.05, 3.63) is 0 Å². The predicted octanol–water partition coefficient (Wildman–Crippen LogP) is 2.13. The van der Waals surface area contributed by atoms with Gasteiger partial charge in [-0.3, -0.25) is 0 Å². The van der Waals surface area contributed by atoms with Gasteiger partial charge in [-0.2, -0.15) is 0 Å². The lowest BCUT2D eigenvalue weighted by Crippen LogP contribution is -2.45. The number of aliphatic hydroxyl groups is 1. The van der Waals surface area contributed by atoms with Crippen molar-refractivity contribution in [3.63, 3.8) is 0 Å². The van der Waals surface area contributed by atoms with Crippen LogP contribution in [0.25, 0.3) is 0 Å². The first-order valence-corrected chi connectivity index (χ1v) is 5.88. The summed E-state index contributed by atoms with van der Waals surface area (Å²) in [5.41, 5.74) is -1.30. The van der Waals surface area contributed by atoms with E-state index in [0.717, 1.165) is 31.6 Å². The molecule has 0 aromatic carbocycles. The van der Waals surface area contributed by atoms with Gasteiger partial charge < -0.3 is 9.84 Å². The van der Waals surface area contributed by atoms with Crippen LogP contribution in [0.3, 0.4) is 0 Å². The summed E-state index contributed by atoms with van der Waals surface area (Å²) in [4.78, 5) is 11.6. The smallest absolute Gasteiger partial charge is 0.338 e. The highest BCUT2D eigenvalue weighted by atomic mass is 16.5. The number of hydrogen-bond acceptors (Lipinski definition) is 3. The van der Waals surface area contributed by atoms with Crippen LogP contribution < -0.4 is 0 Å². The van der Waals surface area contributed by atoms with Crippen molar-refractivity contribution in [2.24, 2.45) is 11.8 Å². The van der Waals surface area contributed by atoms with Crippen molar-refractivity contribution in [1.29, 1.82) is 0 Å². The molecule has 3 nitrogen and oxygen atoms in total. The van der Waals surface area contributed by atoms with E-state index in [1.54, 1.807) is 13.8 Å². The highest BCUT2D eigenvalue weighted by molar-refractivity contribution is 5.79. The van der Waals surface area contributed by atoms with Crippen molar-refractivity contribution < 1.29 is 14.6 Å². The molecule has 0 amide bonds. The van der Waals surface area contributed by atoms with Crippen LogP contribution in [0.2, 0.25) is 0 Å². The van der Waals surface area contributed by atoms with Crippen LogP contribution in [0.1, 0.15) is 46.5 Å². The van der Waals surface area contributed by atoms with Crippen LogP contribution in [0.15, 0.2) is 0 Å². The minimum atomic E-state index is -1.30. The topological polar surface area (TPSA) is 46.5 Å². The molecule has 0 bridgehead atoms. The molecule has 0 heterocycles. The first-order valence-electron chi connectivity index (χ1n) is 5.88. The second-order valence-electron chi connectivity index (χ2n) is 4.82. The van der Waals surface area contributed by atoms with E-state index in [9.17, 15) is 9.90 Å². The predicted molar refractivity (Wildman–Crippen MR) is 58.4 cm³/mol. The zero-order chi connectivity index (χ0) is 11.5. The van der Waals surface area contributed by atoms with Gasteiger partial charge in [-0.15, -0.1) is 0 Å². The maximum Gasteiger partial charge on any atom is 0.338 e. The highest BCUT2D eigenvalue weighted by Crippen LogP contribution is 2.35. The molecule has 88 valence electrons. The van der Waals surface area contributed by atoms with E-state index in [-0.39, 0.29) is 5.92 Å². The molecular formula is C12H22O3. The molecule has 0 spiro atoms. The van der Waals surface area contributed by atoms with Gasteiger partial charge in [0, 0.05) is 0 Å². The Balaban J connectivity index is 2.56. The van der Waals surface area contributed by atoms with E-state index < -0.39 is 11.6 Å².